The lowest BCUT2D eigenvalue weighted by Gasteiger charge is -2.18. The van der Waals surface area contributed by atoms with Gasteiger partial charge in [-0.25, -0.2) is 4.79 Å². The quantitative estimate of drug-likeness (QED) is 0.680. The van der Waals surface area contributed by atoms with Crippen LogP contribution in [0.1, 0.15) is 12.8 Å². The molecule has 4 heteroatoms. The fraction of sp³-hybridized carbons (Fsp3) is 0.625. The van der Waals surface area contributed by atoms with Crippen LogP contribution >= 0.6 is 0 Å². The van der Waals surface area contributed by atoms with Crippen molar-refractivity contribution in [2.45, 2.75) is 18.9 Å². The van der Waals surface area contributed by atoms with E-state index in [0.29, 0.717) is 6.61 Å². The summed E-state index contributed by atoms with van der Waals surface area (Å²) in [7, 11) is 0. The van der Waals surface area contributed by atoms with Crippen LogP contribution in [0.5, 0.6) is 0 Å². The fourth-order valence-corrected chi connectivity index (χ4v) is 0.985. The van der Waals surface area contributed by atoms with E-state index in [1.165, 1.54) is 0 Å². The van der Waals surface area contributed by atoms with Gasteiger partial charge < -0.3 is 14.6 Å². The minimum Gasteiger partial charge on any atom is -0.496 e. The molecule has 0 radical (unpaired) electrons. The topological polar surface area (TPSA) is 55.8 Å². The van der Waals surface area contributed by atoms with Gasteiger partial charge >= 0.3 is 5.97 Å². The van der Waals surface area contributed by atoms with E-state index in [-0.39, 0.29) is 12.7 Å². The number of carboxylic acid groups (broad SMARTS) is 1. The first-order valence-corrected chi connectivity index (χ1v) is 3.89. The predicted octanol–water partition coefficient (Wildman–Crippen LogP) is 0.780. The molecule has 0 fully saturated rings. The van der Waals surface area contributed by atoms with E-state index < -0.39 is 5.97 Å². The van der Waals surface area contributed by atoms with E-state index >= 15 is 0 Å². The zero-order chi connectivity index (χ0) is 8.81. The molecule has 12 heavy (non-hydrogen) atoms. The van der Waals surface area contributed by atoms with Crippen molar-refractivity contribution in [3.05, 3.63) is 12.3 Å². The zero-order valence-electron chi connectivity index (χ0n) is 6.73. The van der Waals surface area contributed by atoms with Gasteiger partial charge in [-0.1, -0.05) is 0 Å². The van der Waals surface area contributed by atoms with E-state index in [9.17, 15) is 4.79 Å². The smallest absolute Gasteiger partial charge is 0.329 e. The van der Waals surface area contributed by atoms with Gasteiger partial charge in [-0.2, -0.15) is 0 Å². The molecular formula is C8H12O4. The zero-order valence-corrected chi connectivity index (χ0v) is 6.73. The van der Waals surface area contributed by atoms with Gasteiger partial charge in [0, 0.05) is 0 Å². The van der Waals surface area contributed by atoms with Gasteiger partial charge in [0.25, 0.3) is 0 Å². The molecule has 1 heterocycles. The molecule has 0 aromatic carbocycles. The maximum Gasteiger partial charge on any atom is 0.329 e. The first kappa shape index (κ1) is 9.06. The minimum atomic E-state index is -0.943. The molecular weight excluding hydrogens is 160 g/mol. The first-order chi connectivity index (χ1) is 5.79. The number of aliphatic carboxylic acids is 1. The molecule has 0 aliphatic carbocycles. The van der Waals surface area contributed by atoms with Gasteiger partial charge in [0.2, 0.25) is 0 Å². The second-order valence-corrected chi connectivity index (χ2v) is 2.62. The molecule has 0 aromatic heterocycles. The molecule has 0 spiro atoms. The summed E-state index contributed by atoms with van der Waals surface area (Å²) in [6.07, 6.45) is 5.47. The number of ether oxygens (including phenoxy) is 2. The van der Waals surface area contributed by atoms with Crippen LogP contribution in [0.3, 0.4) is 0 Å². The average molecular weight is 172 g/mol. The van der Waals surface area contributed by atoms with E-state index in [1.807, 2.05) is 6.08 Å². The number of rotatable bonds is 4. The third-order valence-corrected chi connectivity index (χ3v) is 1.55. The Bertz CT molecular complexity index is 176. The van der Waals surface area contributed by atoms with Crippen LogP contribution in [0.25, 0.3) is 0 Å². The summed E-state index contributed by atoms with van der Waals surface area (Å²) in [5, 5.41) is 8.26. The van der Waals surface area contributed by atoms with Crippen molar-refractivity contribution in [3.8, 4) is 0 Å². The lowest BCUT2D eigenvalue weighted by Crippen LogP contribution is -2.21. The number of hydrogen-bond donors (Lipinski definition) is 1. The summed E-state index contributed by atoms with van der Waals surface area (Å²) < 4.78 is 10.0. The number of allylic oxidation sites excluding steroid dienone is 1. The van der Waals surface area contributed by atoms with Crippen LogP contribution in [0, 0.1) is 0 Å². The van der Waals surface area contributed by atoms with Crippen molar-refractivity contribution < 1.29 is 19.4 Å². The molecule has 1 unspecified atom stereocenters. The highest BCUT2D eigenvalue weighted by atomic mass is 16.5. The van der Waals surface area contributed by atoms with Gasteiger partial charge in [-0.15, -0.1) is 0 Å². The monoisotopic (exact) mass is 172 g/mol. The van der Waals surface area contributed by atoms with Crippen molar-refractivity contribution in [1.82, 2.24) is 0 Å². The lowest BCUT2D eigenvalue weighted by atomic mass is 10.2. The Morgan fingerprint density at radius 1 is 1.75 bits per heavy atom. The highest BCUT2D eigenvalue weighted by Crippen LogP contribution is 2.09. The molecule has 1 aliphatic rings. The van der Waals surface area contributed by atoms with E-state index in [0.717, 1.165) is 12.8 Å². The number of carbonyl (C=O) groups is 1. The molecule has 0 amide bonds. The largest absolute Gasteiger partial charge is 0.496 e. The van der Waals surface area contributed by atoms with Gasteiger partial charge in [0.05, 0.1) is 12.9 Å². The van der Waals surface area contributed by atoms with E-state index in [2.05, 4.69) is 0 Å². The summed E-state index contributed by atoms with van der Waals surface area (Å²) >= 11 is 0. The van der Waals surface area contributed by atoms with Crippen molar-refractivity contribution in [1.29, 1.82) is 0 Å². The normalized spacial score (nSPS) is 21.8. The summed E-state index contributed by atoms with van der Waals surface area (Å²) in [6, 6.07) is 0. The summed E-state index contributed by atoms with van der Waals surface area (Å²) in [5.41, 5.74) is 0. The average Bonchev–Trinajstić information content (AvgIpc) is 2.05. The molecule has 1 atom stereocenters. The van der Waals surface area contributed by atoms with Gasteiger partial charge in [-0.3, -0.25) is 0 Å². The molecule has 0 bridgehead atoms. The maximum atomic E-state index is 10.1. The minimum absolute atomic E-state index is 0.0225. The lowest BCUT2D eigenvalue weighted by molar-refractivity contribution is -0.143. The summed E-state index contributed by atoms with van der Waals surface area (Å²) in [6.45, 7) is 0.111. The Labute approximate surface area is 70.8 Å². The first-order valence-electron chi connectivity index (χ1n) is 3.89. The fourth-order valence-electron chi connectivity index (χ4n) is 0.985. The SMILES string of the molecule is O=C(O)COCC1CCC=CO1. The molecule has 1 rings (SSSR count). The molecule has 1 aliphatic heterocycles. The highest BCUT2D eigenvalue weighted by molar-refractivity contribution is 5.67. The molecule has 0 saturated heterocycles. The third kappa shape index (κ3) is 3.39. The Kier molecular flexibility index (Phi) is 3.60. The summed E-state index contributed by atoms with van der Waals surface area (Å²) in [4.78, 5) is 10.1. The van der Waals surface area contributed by atoms with Crippen molar-refractivity contribution >= 4 is 5.97 Å². The van der Waals surface area contributed by atoms with Gasteiger partial charge in [0.1, 0.15) is 12.7 Å². The molecule has 1 N–H and O–H groups in total. The second-order valence-electron chi connectivity index (χ2n) is 2.62. The molecule has 4 nitrogen and oxygen atoms in total. The highest BCUT2D eigenvalue weighted by Gasteiger charge is 2.11. The van der Waals surface area contributed by atoms with Gasteiger partial charge in [-0.05, 0) is 18.9 Å². The number of carboxylic acids is 1. The van der Waals surface area contributed by atoms with Crippen molar-refractivity contribution in [3.63, 3.8) is 0 Å². The molecule has 68 valence electrons. The number of hydrogen-bond acceptors (Lipinski definition) is 3. The Hall–Kier alpha value is -1.03. The third-order valence-electron chi connectivity index (χ3n) is 1.55. The predicted molar refractivity (Wildman–Crippen MR) is 41.7 cm³/mol. The molecule has 0 saturated carbocycles. The van der Waals surface area contributed by atoms with E-state index in [4.69, 9.17) is 14.6 Å². The van der Waals surface area contributed by atoms with Crippen LogP contribution in [-0.2, 0) is 14.3 Å². The van der Waals surface area contributed by atoms with Crippen molar-refractivity contribution in [2.24, 2.45) is 0 Å². The molecule has 0 aromatic rings. The second kappa shape index (κ2) is 4.77. The van der Waals surface area contributed by atoms with E-state index in [1.54, 1.807) is 6.26 Å². The maximum absolute atomic E-state index is 10.1. The summed E-state index contributed by atoms with van der Waals surface area (Å²) in [5.74, 6) is -0.943. The van der Waals surface area contributed by atoms with Gasteiger partial charge in [0.15, 0.2) is 0 Å². The standard InChI is InChI=1S/C8H12O4/c9-8(10)6-11-5-7-3-1-2-4-12-7/h2,4,7H,1,3,5-6H2,(H,9,10). The van der Waals surface area contributed by atoms with Crippen LogP contribution in [0.4, 0.5) is 0 Å². The Morgan fingerprint density at radius 3 is 3.17 bits per heavy atom. The van der Waals surface area contributed by atoms with Crippen LogP contribution in [-0.4, -0.2) is 30.4 Å². The van der Waals surface area contributed by atoms with Crippen molar-refractivity contribution in [2.75, 3.05) is 13.2 Å². The Morgan fingerprint density at radius 2 is 2.58 bits per heavy atom. The van der Waals surface area contributed by atoms with Crippen LogP contribution in [0.15, 0.2) is 12.3 Å². The van der Waals surface area contributed by atoms with Crippen LogP contribution in [0.2, 0.25) is 0 Å². The Balaban J connectivity index is 2.06. The van der Waals surface area contributed by atoms with Crippen LogP contribution < -0.4 is 0 Å².